The Balaban J connectivity index is 1.86. The Kier molecular flexibility index (Phi) is 5.84. The number of hydrogen-bond acceptors (Lipinski definition) is 6. The van der Waals surface area contributed by atoms with Crippen LogP contribution in [0.1, 0.15) is 24.5 Å². The maximum Gasteiger partial charge on any atom is 0.219 e. The van der Waals surface area contributed by atoms with E-state index in [1.807, 2.05) is 19.1 Å². The van der Waals surface area contributed by atoms with E-state index >= 15 is 0 Å². The number of H-pyrrole nitrogens is 1. The Hall–Kier alpha value is -3.18. The van der Waals surface area contributed by atoms with Gasteiger partial charge in [0.15, 0.2) is 5.76 Å². The number of rotatable bonds is 7. The molecular formula is C19H20N6OS. The minimum absolute atomic E-state index is 0.389. The van der Waals surface area contributed by atoms with Gasteiger partial charge >= 0.3 is 0 Å². The molecule has 3 aromatic rings. The second-order valence-electron chi connectivity index (χ2n) is 5.91. The summed E-state index contributed by atoms with van der Waals surface area (Å²) in [6, 6.07) is 11.9. The molecule has 7 nitrogen and oxygen atoms in total. The van der Waals surface area contributed by atoms with Crippen molar-refractivity contribution >= 4 is 24.1 Å². The Bertz CT molecular complexity index is 1030. The molecule has 27 heavy (non-hydrogen) atoms. The molecule has 0 amide bonds. The van der Waals surface area contributed by atoms with E-state index in [4.69, 9.17) is 21.9 Å². The van der Waals surface area contributed by atoms with Crippen molar-refractivity contribution in [2.75, 3.05) is 18.0 Å². The number of benzene rings is 1. The first-order valence-corrected chi connectivity index (χ1v) is 9.03. The fraction of sp³-hybridized carbons (Fsp3) is 0.263. The topological polar surface area (TPSA) is 86.1 Å². The summed E-state index contributed by atoms with van der Waals surface area (Å²) in [6.07, 6.45) is 3.84. The van der Waals surface area contributed by atoms with Gasteiger partial charge in [0.25, 0.3) is 0 Å². The van der Waals surface area contributed by atoms with Crippen LogP contribution in [0.2, 0.25) is 0 Å². The summed E-state index contributed by atoms with van der Waals surface area (Å²) in [7, 11) is 0. The zero-order valence-corrected chi connectivity index (χ0v) is 16.0. The minimum atomic E-state index is 0.389. The van der Waals surface area contributed by atoms with Crippen molar-refractivity contribution in [3.05, 3.63) is 52.5 Å². The van der Waals surface area contributed by atoms with E-state index in [1.165, 1.54) is 4.68 Å². The monoisotopic (exact) mass is 380 g/mol. The molecule has 0 fully saturated rings. The van der Waals surface area contributed by atoms with E-state index in [9.17, 15) is 0 Å². The van der Waals surface area contributed by atoms with E-state index in [2.05, 4.69) is 39.3 Å². The first kappa shape index (κ1) is 18.6. The van der Waals surface area contributed by atoms with Crippen molar-refractivity contribution in [2.45, 2.75) is 20.3 Å². The third-order valence-corrected chi connectivity index (χ3v) is 4.46. The van der Waals surface area contributed by atoms with E-state index in [0.29, 0.717) is 22.8 Å². The van der Waals surface area contributed by atoms with E-state index in [0.717, 1.165) is 29.9 Å². The third kappa shape index (κ3) is 4.15. The molecule has 0 saturated heterocycles. The fourth-order valence-electron chi connectivity index (χ4n) is 2.74. The zero-order chi connectivity index (χ0) is 19.2. The highest BCUT2D eigenvalue weighted by Crippen LogP contribution is 2.20. The van der Waals surface area contributed by atoms with E-state index in [-0.39, 0.29) is 0 Å². The van der Waals surface area contributed by atoms with Crippen molar-refractivity contribution in [2.24, 2.45) is 5.10 Å². The van der Waals surface area contributed by atoms with Gasteiger partial charge in [-0.1, -0.05) is 6.07 Å². The highest BCUT2D eigenvalue weighted by atomic mass is 32.1. The lowest BCUT2D eigenvalue weighted by Gasteiger charge is -2.22. The third-order valence-electron chi connectivity index (χ3n) is 4.20. The van der Waals surface area contributed by atoms with Gasteiger partial charge in [-0.05, 0) is 61.5 Å². The smallest absolute Gasteiger partial charge is 0.219 e. The average molecular weight is 380 g/mol. The molecule has 0 saturated carbocycles. The molecule has 2 aromatic heterocycles. The summed E-state index contributed by atoms with van der Waals surface area (Å²) in [5, 5.41) is 20.2. The lowest BCUT2D eigenvalue weighted by atomic mass is 10.1. The van der Waals surface area contributed by atoms with Gasteiger partial charge in [0.2, 0.25) is 10.6 Å². The lowest BCUT2D eigenvalue weighted by molar-refractivity contribution is 0.573. The van der Waals surface area contributed by atoms with Gasteiger partial charge in [-0.25, -0.2) is 5.10 Å². The van der Waals surface area contributed by atoms with Crippen LogP contribution in [0.25, 0.3) is 11.6 Å². The largest absolute Gasteiger partial charge is 0.461 e. The molecule has 0 atom stereocenters. The Morgan fingerprint density at radius 1 is 1.44 bits per heavy atom. The van der Waals surface area contributed by atoms with Crippen molar-refractivity contribution in [1.82, 2.24) is 14.9 Å². The second kappa shape index (κ2) is 8.47. The number of furan rings is 1. The lowest BCUT2D eigenvalue weighted by Crippen LogP contribution is -2.23. The van der Waals surface area contributed by atoms with E-state index < -0.39 is 0 Å². The summed E-state index contributed by atoms with van der Waals surface area (Å²) in [6.45, 7) is 5.69. The van der Waals surface area contributed by atoms with Gasteiger partial charge in [-0.3, -0.25) is 0 Å². The van der Waals surface area contributed by atoms with Crippen molar-refractivity contribution in [1.29, 1.82) is 5.26 Å². The summed E-state index contributed by atoms with van der Waals surface area (Å²) < 4.78 is 7.31. The maximum atomic E-state index is 8.81. The van der Waals surface area contributed by atoms with Crippen LogP contribution in [0.4, 0.5) is 5.69 Å². The van der Waals surface area contributed by atoms with Crippen molar-refractivity contribution in [3.63, 3.8) is 0 Å². The Morgan fingerprint density at radius 2 is 2.30 bits per heavy atom. The Labute approximate surface area is 162 Å². The van der Waals surface area contributed by atoms with Gasteiger partial charge < -0.3 is 9.32 Å². The van der Waals surface area contributed by atoms with Crippen LogP contribution >= 0.6 is 12.2 Å². The second-order valence-corrected chi connectivity index (χ2v) is 6.30. The highest BCUT2D eigenvalue weighted by molar-refractivity contribution is 7.71. The van der Waals surface area contributed by atoms with Crippen LogP contribution in [0.15, 0.2) is 46.1 Å². The van der Waals surface area contributed by atoms with Crippen LogP contribution in [0.5, 0.6) is 0 Å². The molecular weight excluding hydrogens is 360 g/mol. The van der Waals surface area contributed by atoms with Crippen LogP contribution in [0, 0.1) is 23.0 Å². The molecule has 0 aliphatic carbocycles. The molecule has 0 radical (unpaired) electrons. The molecule has 3 rings (SSSR count). The van der Waals surface area contributed by atoms with E-state index in [1.54, 1.807) is 24.6 Å². The quantitative estimate of drug-likeness (QED) is 0.492. The predicted octanol–water partition coefficient (Wildman–Crippen LogP) is 4.13. The molecule has 2 heterocycles. The number of nitrogens with one attached hydrogen (secondary N) is 1. The van der Waals surface area contributed by atoms with Gasteiger partial charge in [0.1, 0.15) is 0 Å². The predicted molar refractivity (Wildman–Crippen MR) is 107 cm³/mol. The number of aromatic nitrogens is 3. The summed E-state index contributed by atoms with van der Waals surface area (Å²) in [4.78, 5) is 2.18. The molecule has 8 heteroatoms. The first-order valence-electron chi connectivity index (χ1n) is 8.62. The van der Waals surface area contributed by atoms with Crippen LogP contribution in [-0.2, 0) is 0 Å². The van der Waals surface area contributed by atoms with Gasteiger partial charge in [-0.15, -0.1) is 5.10 Å². The van der Waals surface area contributed by atoms with Gasteiger partial charge in [0.05, 0.1) is 25.0 Å². The van der Waals surface area contributed by atoms with Crippen LogP contribution in [0.3, 0.4) is 0 Å². The standard InChI is InChI=1S/C19H20N6OS/c1-3-24(10-5-9-20)16-8-7-15(14(2)12-16)13-21-25-18(22-23-19(25)27)17-6-4-11-26-17/h4,6-8,11-13H,3,5,10H2,1-2H3,(H,23,27)/b21-13-. The molecule has 0 bridgehead atoms. The van der Waals surface area contributed by atoms with Crippen LogP contribution < -0.4 is 4.90 Å². The number of hydrogen-bond donors (Lipinski definition) is 1. The average Bonchev–Trinajstić information content (AvgIpc) is 3.31. The van der Waals surface area contributed by atoms with Crippen molar-refractivity contribution < 1.29 is 4.42 Å². The first-order chi connectivity index (χ1) is 13.1. The molecule has 0 spiro atoms. The molecule has 0 aliphatic rings. The number of anilines is 1. The summed E-state index contributed by atoms with van der Waals surface area (Å²) in [5.41, 5.74) is 3.16. The molecule has 1 aromatic carbocycles. The molecule has 138 valence electrons. The normalized spacial score (nSPS) is 11.0. The van der Waals surface area contributed by atoms with Crippen molar-refractivity contribution in [3.8, 4) is 17.7 Å². The number of nitriles is 1. The summed E-state index contributed by atoms with van der Waals surface area (Å²) in [5.74, 6) is 1.10. The van der Waals surface area contributed by atoms with Gasteiger partial charge in [0, 0.05) is 18.8 Å². The number of aryl methyl sites for hydroxylation is 1. The molecule has 0 aliphatic heterocycles. The highest BCUT2D eigenvalue weighted by Gasteiger charge is 2.11. The SMILES string of the molecule is CCN(CCC#N)c1ccc(/C=N\n2c(-c3ccco3)n[nH]c2=S)c(C)c1. The number of nitrogens with zero attached hydrogens (tertiary/aromatic N) is 5. The fourth-order valence-corrected chi connectivity index (χ4v) is 2.92. The Morgan fingerprint density at radius 3 is 2.96 bits per heavy atom. The zero-order valence-electron chi connectivity index (χ0n) is 15.2. The van der Waals surface area contributed by atoms with Gasteiger partial charge in [-0.2, -0.15) is 15.0 Å². The van der Waals surface area contributed by atoms with Crippen LogP contribution in [-0.4, -0.2) is 34.2 Å². The summed E-state index contributed by atoms with van der Waals surface area (Å²) >= 11 is 5.26. The maximum absolute atomic E-state index is 8.81. The molecule has 1 N–H and O–H groups in total. The minimum Gasteiger partial charge on any atom is -0.461 e. The molecule has 0 unspecified atom stereocenters. The number of aromatic amines is 1.